The largest absolute Gasteiger partial charge is 0.0884 e. The molecule has 121 valence electrons. The number of rotatable bonds is 2. The molecule has 2 aliphatic carbocycles. The SMILES string of the molecule is C[C](C1=C(Cl)Cc2ccccc21)C1c2ccccc2-c2ccccc21. The highest BCUT2D eigenvalue weighted by Gasteiger charge is 2.36. The number of allylic oxidation sites excluding steroid dienone is 2. The molecule has 25 heavy (non-hydrogen) atoms. The van der Waals surface area contributed by atoms with Crippen molar-refractivity contribution in [3.63, 3.8) is 0 Å². The van der Waals surface area contributed by atoms with Gasteiger partial charge in [0.15, 0.2) is 0 Å². The third-order valence-electron chi connectivity index (χ3n) is 5.56. The molecule has 5 rings (SSSR count). The van der Waals surface area contributed by atoms with Gasteiger partial charge in [0.1, 0.15) is 0 Å². The maximum atomic E-state index is 6.73. The van der Waals surface area contributed by atoms with Gasteiger partial charge in [-0.3, -0.25) is 0 Å². The molecule has 3 aromatic rings. The molecule has 0 spiro atoms. The Hall–Kier alpha value is -2.31. The predicted octanol–water partition coefficient (Wildman–Crippen LogP) is 6.60. The summed E-state index contributed by atoms with van der Waals surface area (Å²) in [5.74, 6) is 1.63. The fourth-order valence-corrected chi connectivity index (χ4v) is 4.91. The van der Waals surface area contributed by atoms with Crippen molar-refractivity contribution in [3.05, 3.63) is 106 Å². The molecule has 0 saturated carbocycles. The van der Waals surface area contributed by atoms with Gasteiger partial charge in [0.05, 0.1) is 0 Å². The van der Waals surface area contributed by atoms with E-state index in [0.717, 1.165) is 11.5 Å². The second-order valence-electron chi connectivity index (χ2n) is 6.90. The van der Waals surface area contributed by atoms with Crippen molar-refractivity contribution in [3.8, 4) is 11.1 Å². The minimum absolute atomic E-state index is 0.280. The maximum Gasteiger partial charge on any atom is 0.0269 e. The van der Waals surface area contributed by atoms with E-state index in [4.69, 9.17) is 11.6 Å². The van der Waals surface area contributed by atoms with Crippen molar-refractivity contribution in [2.75, 3.05) is 0 Å². The first kappa shape index (κ1) is 15.0. The van der Waals surface area contributed by atoms with E-state index in [1.807, 2.05) is 0 Å². The summed E-state index contributed by atoms with van der Waals surface area (Å²) in [5.41, 5.74) is 9.36. The lowest BCUT2D eigenvalue weighted by atomic mass is 9.79. The first-order valence-corrected chi connectivity index (χ1v) is 9.12. The Labute approximate surface area is 153 Å². The summed E-state index contributed by atoms with van der Waals surface area (Å²) >= 11 is 6.73. The Kier molecular flexibility index (Phi) is 3.36. The third kappa shape index (κ3) is 2.14. The summed E-state index contributed by atoms with van der Waals surface area (Å²) in [6.45, 7) is 2.25. The van der Waals surface area contributed by atoms with E-state index in [1.54, 1.807) is 0 Å². The number of hydrogen-bond donors (Lipinski definition) is 0. The summed E-state index contributed by atoms with van der Waals surface area (Å²) in [6, 6.07) is 26.1. The molecule has 0 unspecified atom stereocenters. The lowest BCUT2D eigenvalue weighted by Gasteiger charge is -2.24. The maximum absolute atomic E-state index is 6.73. The molecule has 0 aromatic heterocycles. The van der Waals surface area contributed by atoms with Gasteiger partial charge in [-0.25, -0.2) is 0 Å². The molecule has 0 atom stereocenters. The van der Waals surface area contributed by atoms with E-state index in [2.05, 4.69) is 79.7 Å². The molecule has 0 N–H and O–H groups in total. The number of halogens is 1. The molecular weight excluding hydrogens is 324 g/mol. The van der Waals surface area contributed by atoms with E-state index < -0.39 is 0 Å². The lowest BCUT2D eigenvalue weighted by Crippen LogP contribution is -2.09. The molecule has 1 radical (unpaired) electrons. The Morgan fingerprint density at radius 1 is 0.760 bits per heavy atom. The normalized spacial score (nSPS) is 15.5. The van der Waals surface area contributed by atoms with Crippen molar-refractivity contribution < 1.29 is 0 Å². The van der Waals surface area contributed by atoms with Crippen LogP contribution in [0.4, 0.5) is 0 Å². The first-order chi connectivity index (χ1) is 12.3. The zero-order chi connectivity index (χ0) is 17.0. The molecule has 0 fully saturated rings. The number of hydrogen-bond acceptors (Lipinski definition) is 0. The van der Waals surface area contributed by atoms with Crippen LogP contribution in [0.25, 0.3) is 16.7 Å². The molecule has 0 nitrogen and oxygen atoms in total. The van der Waals surface area contributed by atoms with Gasteiger partial charge in [-0.2, -0.15) is 0 Å². The highest BCUT2D eigenvalue weighted by atomic mass is 35.5. The number of benzene rings is 3. The van der Waals surface area contributed by atoms with Gasteiger partial charge in [-0.05, 0) is 39.0 Å². The third-order valence-corrected chi connectivity index (χ3v) is 5.89. The van der Waals surface area contributed by atoms with Crippen molar-refractivity contribution in [2.45, 2.75) is 19.3 Å². The van der Waals surface area contributed by atoms with Gasteiger partial charge in [-0.15, -0.1) is 0 Å². The van der Waals surface area contributed by atoms with Crippen LogP contribution in [0.1, 0.15) is 35.1 Å². The van der Waals surface area contributed by atoms with Gasteiger partial charge in [0.25, 0.3) is 0 Å². The van der Waals surface area contributed by atoms with Crippen LogP contribution in [0, 0.1) is 5.92 Å². The quantitative estimate of drug-likeness (QED) is 0.492. The Balaban J connectivity index is 1.68. The fourth-order valence-electron chi connectivity index (χ4n) is 4.51. The second kappa shape index (κ2) is 5.61. The molecule has 1 heteroatoms. The summed E-state index contributed by atoms with van der Waals surface area (Å²) in [4.78, 5) is 0. The molecule has 0 saturated heterocycles. The predicted molar refractivity (Wildman–Crippen MR) is 106 cm³/mol. The lowest BCUT2D eigenvalue weighted by molar-refractivity contribution is 0.898. The van der Waals surface area contributed by atoms with Gasteiger partial charge in [0, 0.05) is 23.3 Å². The molecule has 0 heterocycles. The molecular formula is C24H18Cl. The van der Waals surface area contributed by atoms with Crippen LogP contribution < -0.4 is 0 Å². The van der Waals surface area contributed by atoms with Crippen molar-refractivity contribution in [1.82, 2.24) is 0 Å². The van der Waals surface area contributed by atoms with Gasteiger partial charge in [0.2, 0.25) is 0 Å². The highest BCUT2D eigenvalue weighted by Crippen LogP contribution is 2.54. The van der Waals surface area contributed by atoms with Crippen LogP contribution in [-0.4, -0.2) is 0 Å². The smallest absolute Gasteiger partial charge is 0.0269 e. The van der Waals surface area contributed by atoms with E-state index in [-0.39, 0.29) is 5.92 Å². The summed E-state index contributed by atoms with van der Waals surface area (Å²) in [6.07, 6.45) is 0.848. The average Bonchev–Trinajstić information content (AvgIpc) is 3.15. The van der Waals surface area contributed by atoms with Crippen LogP contribution in [-0.2, 0) is 6.42 Å². The molecule has 0 aliphatic heterocycles. The van der Waals surface area contributed by atoms with Crippen LogP contribution in [0.3, 0.4) is 0 Å². The standard InChI is InChI=1S/C24H18Cl/c1-15(24-17-9-3-2-8-16(17)14-22(24)25)23-20-12-6-4-10-18(20)19-11-5-7-13-21(19)23/h2-13,23H,14H2,1H3. The van der Waals surface area contributed by atoms with Crippen LogP contribution >= 0.6 is 11.6 Å². The fraction of sp³-hybridized carbons (Fsp3) is 0.125. The Morgan fingerprint density at radius 2 is 1.28 bits per heavy atom. The molecule has 0 amide bonds. The van der Waals surface area contributed by atoms with Crippen molar-refractivity contribution in [2.24, 2.45) is 0 Å². The van der Waals surface area contributed by atoms with E-state index >= 15 is 0 Å². The van der Waals surface area contributed by atoms with E-state index in [0.29, 0.717) is 0 Å². The van der Waals surface area contributed by atoms with Crippen LogP contribution in [0.2, 0.25) is 0 Å². The van der Waals surface area contributed by atoms with Crippen LogP contribution in [0.5, 0.6) is 0 Å². The molecule has 2 aliphatic rings. The zero-order valence-corrected chi connectivity index (χ0v) is 14.8. The van der Waals surface area contributed by atoms with Crippen molar-refractivity contribution in [1.29, 1.82) is 0 Å². The first-order valence-electron chi connectivity index (χ1n) is 8.74. The topological polar surface area (TPSA) is 0 Å². The van der Waals surface area contributed by atoms with Crippen molar-refractivity contribution >= 4 is 17.2 Å². The van der Waals surface area contributed by atoms with E-state index in [9.17, 15) is 0 Å². The average molecular weight is 342 g/mol. The molecule has 3 aromatic carbocycles. The van der Waals surface area contributed by atoms with Crippen LogP contribution in [0.15, 0.2) is 77.8 Å². The Morgan fingerprint density at radius 3 is 1.92 bits per heavy atom. The monoisotopic (exact) mass is 341 g/mol. The van der Waals surface area contributed by atoms with E-state index in [1.165, 1.54) is 44.9 Å². The minimum atomic E-state index is 0.280. The van der Waals surface area contributed by atoms with Gasteiger partial charge >= 0.3 is 0 Å². The second-order valence-corrected chi connectivity index (χ2v) is 7.36. The molecule has 0 bridgehead atoms. The van der Waals surface area contributed by atoms with Gasteiger partial charge in [-0.1, -0.05) is 91.3 Å². The number of fused-ring (bicyclic) bond motifs is 4. The zero-order valence-electron chi connectivity index (χ0n) is 14.1. The summed E-state index contributed by atoms with van der Waals surface area (Å²) in [7, 11) is 0. The summed E-state index contributed by atoms with van der Waals surface area (Å²) in [5, 5.41) is 0.973. The Bertz CT molecular complexity index is 966. The summed E-state index contributed by atoms with van der Waals surface area (Å²) < 4.78 is 0. The van der Waals surface area contributed by atoms with Gasteiger partial charge < -0.3 is 0 Å². The minimum Gasteiger partial charge on any atom is -0.0884 e. The highest BCUT2D eigenvalue weighted by molar-refractivity contribution is 6.34.